The van der Waals surface area contributed by atoms with Crippen LogP contribution in [-0.2, 0) is 30.3 Å². The SMILES string of the molecule is CCOC(=O)C1=C(C)NC(C=Cc2cccc(CN3CC[N+](C)(O)C(OC)C3)c2)=C(C(=O)OCC)C1c1cccc([N+](=O)[O-])c1. The van der Waals surface area contributed by atoms with Crippen molar-refractivity contribution in [3.05, 3.63) is 104 Å². The molecule has 0 amide bonds. The molecule has 1 saturated heterocycles. The van der Waals surface area contributed by atoms with Crippen molar-refractivity contribution in [1.82, 2.24) is 10.2 Å². The zero-order chi connectivity index (χ0) is 32.7. The third-order valence-corrected chi connectivity index (χ3v) is 7.97. The molecule has 2 aliphatic rings. The van der Waals surface area contributed by atoms with Gasteiger partial charge < -0.3 is 19.5 Å². The van der Waals surface area contributed by atoms with Gasteiger partial charge in [-0.2, -0.15) is 4.65 Å². The van der Waals surface area contributed by atoms with Gasteiger partial charge in [-0.05, 0) is 43.5 Å². The van der Waals surface area contributed by atoms with Crippen LogP contribution in [0.25, 0.3) is 6.08 Å². The third kappa shape index (κ3) is 7.84. The minimum absolute atomic E-state index is 0.0925. The van der Waals surface area contributed by atoms with Crippen molar-refractivity contribution in [1.29, 1.82) is 0 Å². The van der Waals surface area contributed by atoms with Crippen molar-refractivity contribution >= 4 is 23.7 Å². The van der Waals surface area contributed by atoms with Gasteiger partial charge in [0.2, 0.25) is 6.23 Å². The van der Waals surface area contributed by atoms with Crippen LogP contribution >= 0.6 is 0 Å². The Hall–Kier alpha value is -4.36. The van der Waals surface area contributed by atoms with Crippen LogP contribution in [0, 0.1) is 10.1 Å². The van der Waals surface area contributed by atoms with Gasteiger partial charge in [-0.15, -0.1) is 0 Å². The van der Waals surface area contributed by atoms with E-state index in [1.807, 2.05) is 30.3 Å². The first-order valence-electron chi connectivity index (χ1n) is 14.9. The summed E-state index contributed by atoms with van der Waals surface area (Å²) in [5.74, 6) is -2.26. The molecule has 2 N–H and O–H groups in total. The molecule has 2 heterocycles. The zero-order valence-corrected chi connectivity index (χ0v) is 26.3. The number of nitro benzene ring substituents is 1. The molecule has 3 unspecified atom stereocenters. The Morgan fingerprint density at radius 3 is 2.44 bits per heavy atom. The highest BCUT2D eigenvalue weighted by atomic mass is 16.6. The number of dihydropyridines is 1. The Bertz CT molecular complexity index is 1530. The van der Waals surface area contributed by atoms with E-state index in [2.05, 4.69) is 10.2 Å². The van der Waals surface area contributed by atoms with Crippen molar-refractivity contribution in [2.75, 3.05) is 47.0 Å². The predicted octanol–water partition coefficient (Wildman–Crippen LogP) is 4.27. The van der Waals surface area contributed by atoms with Crippen LogP contribution in [-0.4, -0.2) is 84.8 Å². The lowest BCUT2D eigenvalue weighted by Gasteiger charge is -2.41. The van der Waals surface area contributed by atoms with E-state index in [4.69, 9.17) is 14.2 Å². The second-order valence-corrected chi connectivity index (χ2v) is 11.2. The zero-order valence-electron chi connectivity index (χ0n) is 26.3. The number of quaternary nitrogens is 1. The van der Waals surface area contributed by atoms with E-state index in [1.165, 1.54) is 18.2 Å². The molecule has 3 atom stereocenters. The molecule has 0 radical (unpaired) electrons. The van der Waals surface area contributed by atoms with E-state index < -0.39 is 22.8 Å². The Morgan fingerprint density at radius 1 is 1.09 bits per heavy atom. The number of esters is 2. The van der Waals surface area contributed by atoms with Crippen LogP contribution in [0.5, 0.6) is 0 Å². The number of carbonyl (C=O) groups is 2. The third-order valence-electron chi connectivity index (χ3n) is 7.97. The molecule has 12 heteroatoms. The number of benzene rings is 2. The molecule has 0 saturated carbocycles. The summed E-state index contributed by atoms with van der Waals surface area (Å²) in [5, 5.41) is 25.4. The summed E-state index contributed by atoms with van der Waals surface area (Å²) in [5.41, 5.74) is 3.33. The highest BCUT2D eigenvalue weighted by Crippen LogP contribution is 2.40. The molecule has 2 aromatic rings. The fraction of sp³-hybridized carbons (Fsp3) is 0.394. The van der Waals surface area contributed by atoms with Gasteiger partial charge >= 0.3 is 11.9 Å². The highest BCUT2D eigenvalue weighted by Gasteiger charge is 2.40. The van der Waals surface area contributed by atoms with E-state index >= 15 is 0 Å². The number of allylic oxidation sites excluding steroid dienone is 2. The molecule has 2 aliphatic heterocycles. The summed E-state index contributed by atoms with van der Waals surface area (Å²) in [7, 11) is 3.34. The summed E-state index contributed by atoms with van der Waals surface area (Å²) in [6.07, 6.45) is 3.26. The number of non-ortho nitro benzene ring substituents is 1. The summed E-state index contributed by atoms with van der Waals surface area (Å²) in [4.78, 5) is 40.1. The monoisotopic (exact) mass is 621 g/mol. The van der Waals surface area contributed by atoms with Crippen molar-refractivity contribution in [3.8, 4) is 0 Å². The molecule has 240 valence electrons. The number of rotatable bonds is 11. The summed E-state index contributed by atoms with van der Waals surface area (Å²) < 4.78 is 16.1. The smallest absolute Gasteiger partial charge is 0.337 e. The summed E-state index contributed by atoms with van der Waals surface area (Å²) in [6, 6.07) is 13.8. The van der Waals surface area contributed by atoms with Gasteiger partial charge in [0, 0.05) is 37.2 Å². The first-order chi connectivity index (χ1) is 21.5. The number of piperazine rings is 1. The van der Waals surface area contributed by atoms with Crippen molar-refractivity contribution in [2.24, 2.45) is 0 Å². The maximum absolute atomic E-state index is 13.5. The first kappa shape index (κ1) is 33.5. The van der Waals surface area contributed by atoms with Gasteiger partial charge in [-0.3, -0.25) is 15.0 Å². The molecule has 0 spiro atoms. The van der Waals surface area contributed by atoms with Crippen molar-refractivity contribution < 1.29 is 38.6 Å². The van der Waals surface area contributed by atoms with Crippen LogP contribution in [0.15, 0.2) is 77.1 Å². The average molecular weight is 622 g/mol. The molecule has 45 heavy (non-hydrogen) atoms. The van der Waals surface area contributed by atoms with Crippen molar-refractivity contribution in [2.45, 2.75) is 39.5 Å². The molecule has 0 aliphatic carbocycles. The van der Waals surface area contributed by atoms with Crippen LogP contribution in [0.3, 0.4) is 0 Å². The maximum Gasteiger partial charge on any atom is 0.337 e. The van der Waals surface area contributed by atoms with Crippen LogP contribution in [0.4, 0.5) is 5.69 Å². The second kappa shape index (κ2) is 14.6. The van der Waals surface area contributed by atoms with E-state index in [0.717, 1.165) is 11.1 Å². The quantitative estimate of drug-likeness (QED) is 0.162. The van der Waals surface area contributed by atoms with Gasteiger partial charge in [-0.1, -0.05) is 42.5 Å². The van der Waals surface area contributed by atoms with Gasteiger partial charge in [0.1, 0.15) is 13.6 Å². The van der Waals surface area contributed by atoms with Crippen molar-refractivity contribution in [3.63, 3.8) is 0 Å². The molecule has 12 nitrogen and oxygen atoms in total. The molecule has 1 fully saturated rings. The van der Waals surface area contributed by atoms with E-state index in [-0.39, 0.29) is 40.9 Å². The lowest BCUT2D eigenvalue weighted by molar-refractivity contribution is -1.12. The molecular formula is C33H41N4O8+. The number of hydrogen-bond acceptors (Lipinski definition) is 10. The van der Waals surface area contributed by atoms with Crippen LogP contribution in [0.1, 0.15) is 43.4 Å². The Balaban J connectivity index is 1.72. The lowest BCUT2D eigenvalue weighted by Crippen LogP contribution is -2.62. The van der Waals surface area contributed by atoms with Gasteiger partial charge in [-0.25, -0.2) is 14.8 Å². The largest absolute Gasteiger partial charge is 0.463 e. The highest BCUT2D eigenvalue weighted by molar-refractivity contribution is 6.00. The van der Waals surface area contributed by atoms with Gasteiger partial charge in [0.15, 0.2) is 0 Å². The molecule has 0 aromatic heterocycles. The molecular weight excluding hydrogens is 580 g/mol. The Kier molecular flexibility index (Phi) is 10.9. The minimum Gasteiger partial charge on any atom is -0.463 e. The minimum atomic E-state index is -0.973. The fourth-order valence-corrected chi connectivity index (χ4v) is 5.71. The predicted molar refractivity (Wildman–Crippen MR) is 166 cm³/mol. The van der Waals surface area contributed by atoms with Gasteiger partial charge in [0.05, 0.1) is 48.3 Å². The maximum atomic E-state index is 13.5. The standard InChI is InChI=1S/C33H40N4O8/c1-6-44-32(38)29-22(3)34-27(31(33(39)45-7-2)30(29)25-12-9-13-26(19-25)36(40)41)15-14-23-10-8-11-24(18-23)20-35-16-17-37(4,42)28(21-35)43-5/h8-15,18-19,28,30,42H,6-7,16-17,20-21H2,1-5H3/p+1. The summed E-state index contributed by atoms with van der Waals surface area (Å²) >= 11 is 0. The number of hydroxylamine groups is 3. The fourth-order valence-electron chi connectivity index (χ4n) is 5.71. The van der Waals surface area contributed by atoms with Crippen LogP contribution in [0.2, 0.25) is 0 Å². The number of likely N-dealkylation sites (N-methyl/N-ethyl adjacent to an activating group) is 1. The molecule has 4 rings (SSSR count). The average Bonchev–Trinajstić information content (AvgIpc) is 3.00. The number of nitrogens with zero attached hydrogens (tertiary/aromatic N) is 3. The van der Waals surface area contributed by atoms with E-state index in [0.29, 0.717) is 43.1 Å². The van der Waals surface area contributed by atoms with E-state index in [1.54, 1.807) is 47.1 Å². The Labute approximate surface area is 262 Å². The number of ether oxygens (including phenoxy) is 3. The van der Waals surface area contributed by atoms with Gasteiger partial charge in [0.25, 0.3) is 5.69 Å². The molecule has 0 bridgehead atoms. The molecule has 2 aromatic carbocycles. The number of nitro groups is 1. The van der Waals surface area contributed by atoms with E-state index in [9.17, 15) is 24.9 Å². The number of carbonyl (C=O) groups excluding carboxylic acids is 2. The Morgan fingerprint density at radius 2 is 1.78 bits per heavy atom. The lowest BCUT2D eigenvalue weighted by atomic mass is 9.80. The summed E-state index contributed by atoms with van der Waals surface area (Å²) in [6.45, 7) is 7.77. The topological polar surface area (TPSA) is 140 Å². The number of hydrogen-bond donors (Lipinski definition) is 2. The number of nitrogens with one attached hydrogen (secondary N) is 1. The first-order valence-corrected chi connectivity index (χ1v) is 14.9. The van der Waals surface area contributed by atoms with Crippen LogP contribution < -0.4 is 5.32 Å². The number of methoxy groups -OCH3 is 1. The second-order valence-electron chi connectivity index (χ2n) is 11.2. The normalized spacial score (nSPS) is 22.4.